The Labute approximate surface area is 171 Å². The van der Waals surface area contributed by atoms with E-state index in [1.165, 1.54) is 11.8 Å². The van der Waals surface area contributed by atoms with Gasteiger partial charge < -0.3 is 10.5 Å². The van der Waals surface area contributed by atoms with Crippen LogP contribution in [0, 0.1) is 5.41 Å². The van der Waals surface area contributed by atoms with E-state index in [1.54, 1.807) is 18.5 Å². The van der Waals surface area contributed by atoms with E-state index in [1.807, 2.05) is 0 Å². The first-order chi connectivity index (χ1) is 13.0. The highest BCUT2D eigenvalue weighted by atomic mass is 35.5. The van der Waals surface area contributed by atoms with Crippen molar-refractivity contribution in [2.45, 2.75) is 29.9 Å². The van der Waals surface area contributed by atoms with Gasteiger partial charge in [-0.3, -0.25) is 14.7 Å². The van der Waals surface area contributed by atoms with Crippen molar-refractivity contribution >= 4 is 52.1 Å². The van der Waals surface area contributed by atoms with Crippen LogP contribution < -0.4 is 5.73 Å². The summed E-state index contributed by atoms with van der Waals surface area (Å²) < 4.78 is 5.55. The highest BCUT2D eigenvalue weighted by molar-refractivity contribution is 8.15. The number of pyridine rings is 1. The minimum absolute atomic E-state index is 0.0412. The maximum atomic E-state index is 12.5. The Morgan fingerprint density at radius 3 is 2.78 bits per heavy atom. The average molecular weight is 428 g/mol. The van der Waals surface area contributed by atoms with E-state index in [-0.39, 0.29) is 22.5 Å². The number of halogens is 2. The topological polar surface area (TPSA) is 93.2 Å². The molecule has 0 bridgehead atoms. The lowest BCUT2D eigenvalue weighted by molar-refractivity contribution is -0.123. The van der Waals surface area contributed by atoms with Crippen molar-refractivity contribution in [2.24, 2.45) is 21.1 Å². The van der Waals surface area contributed by atoms with Crippen LogP contribution in [-0.4, -0.2) is 65.6 Å². The zero-order valence-corrected chi connectivity index (χ0v) is 16.8. The van der Waals surface area contributed by atoms with Gasteiger partial charge in [-0.15, -0.1) is 0 Å². The molecule has 10 heteroatoms. The van der Waals surface area contributed by atoms with Gasteiger partial charge in [0, 0.05) is 35.6 Å². The van der Waals surface area contributed by atoms with Crippen molar-refractivity contribution < 1.29 is 9.53 Å². The molecule has 0 aromatic carbocycles. The summed E-state index contributed by atoms with van der Waals surface area (Å²) >= 11 is 13.3. The van der Waals surface area contributed by atoms with Gasteiger partial charge in [0.1, 0.15) is 10.2 Å². The Hall–Kier alpha value is -1.03. The van der Waals surface area contributed by atoms with Crippen LogP contribution in [0.25, 0.3) is 0 Å². The third kappa shape index (κ3) is 3.79. The Morgan fingerprint density at radius 1 is 1.33 bits per heavy atom. The second kappa shape index (κ2) is 7.77. The lowest BCUT2D eigenvalue weighted by atomic mass is 9.75. The van der Waals surface area contributed by atoms with E-state index < -0.39 is 6.17 Å². The highest BCUT2D eigenvalue weighted by Crippen LogP contribution is 2.39. The van der Waals surface area contributed by atoms with Crippen molar-refractivity contribution in [2.75, 3.05) is 26.3 Å². The normalized spacial score (nSPS) is 28.0. The number of likely N-dealkylation sites (tertiary alicyclic amines) is 1. The number of thioether (sulfide) groups is 1. The molecule has 2 saturated heterocycles. The fourth-order valence-electron chi connectivity index (χ4n) is 3.69. The van der Waals surface area contributed by atoms with Crippen molar-refractivity contribution in [3.63, 3.8) is 0 Å². The standard InChI is InChI=1S/C17H19Cl2N5O2S/c18-13-10(1-4-21-14(13)19)27-12-7-22-15(16(25)23-12)24-5-2-17(3-6-24)9-26-8-11(17)20/h1,4,7,11,15H,2-3,5-6,8-9,20H2/t11-,15?/m1/s1. The third-order valence-electron chi connectivity index (χ3n) is 5.41. The molecule has 0 saturated carbocycles. The highest BCUT2D eigenvalue weighted by Gasteiger charge is 2.45. The fourth-order valence-corrected chi connectivity index (χ4v) is 4.92. The molecule has 2 atom stereocenters. The molecule has 27 heavy (non-hydrogen) atoms. The van der Waals surface area contributed by atoms with E-state index in [0.717, 1.165) is 25.9 Å². The van der Waals surface area contributed by atoms with Crippen LogP contribution in [0.5, 0.6) is 0 Å². The van der Waals surface area contributed by atoms with Crippen molar-refractivity contribution in [1.82, 2.24) is 9.88 Å². The molecule has 1 aromatic heterocycles. The summed E-state index contributed by atoms with van der Waals surface area (Å²) in [5, 5.41) is 1.04. The predicted molar refractivity (Wildman–Crippen MR) is 107 cm³/mol. The zero-order valence-electron chi connectivity index (χ0n) is 14.5. The number of amides is 1. The summed E-state index contributed by atoms with van der Waals surface area (Å²) in [4.78, 5) is 27.8. The van der Waals surface area contributed by atoms with Gasteiger partial charge in [-0.05, 0) is 18.9 Å². The average Bonchev–Trinajstić information content (AvgIpc) is 3.00. The minimum atomic E-state index is -0.568. The van der Waals surface area contributed by atoms with Crippen LogP contribution in [0.1, 0.15) is 12.8 Å². The molecule has 7 nitrogen and oxygen atoms in total. The number of aliphatic imine (C=N–C) groups is 2. The van der Waals surface area contributed by atoms with Gasteiger partial charge in [-0.1, -0.05) is 35.0 Å². The minimum Gasteiger partial charge on any atom is -0.379 e. The first-order valence-electron chi connectivity index (χ1n) is 8.69. The SMILES string of the molecule is N[C@@H]1COCC12CCN(C1N=CC(Sc3ccnc(Cl)c3Cl)=NC1=O)CC2. The molecule has 2 fully saturated rings. The smallest absolute Gasteiger partial charge is 0.286 e. The number of nitrogens with two attached hydrogens (primary N) is 1. The summed E-state index contributed by atoms with van der Waals surface area (Å²) in [6, 6.07) is 1.80. The van der Waals surface area contributed by atoms with Gasteiger partial charge in [-0.2, -0.15) is 0 Å². The molecule has 2 N–H and O–H groups in total. The molecule has 4 rings (SSSR count). The van der Waals surface area contributed by atoms with E-state index >= 15 is 0 Å². The lowest BCUT2D eigenvalue weighted by Crippen LogP contribution is -2.53. The number of aromatic nitrogens is 1. The summed E-state index contributed by atoms with van der Waals surface area (Å²) in [5.41, 5.74) is 6.26. The Morgan fingerprint density at radius 2 is 2.11 bits per heavy atom. The van der Waals surface area contributed by atoms with E-state index in [4.69, 9.17) is 33.7 Å². The number of piperidine rings is 1. The quantitative estimate of drug-likeness (QED) is 0.727. The molecule has 1 amide bonds. The number of carbonyl (C=O) groups is 1. The fraction of sp³-hybridized carbons (Fsp3) is 0.529. The summed E-state index contributed by atoms with van der Waals surface area (Å²) in [7, 11) is 0. The molecule has 0 aliphatic carbocycles. The second-order valence-corrected chi connectivity index (χ2v) is 8.77. The molecule has 1 unspecified atom stereocenters. The molecular formula is C17H19Cl2N5O2S. The van der Waals surface area contributed by atoms with Gasteiger partial charge >= 0.3 is 0 Å². The molecule has 1 spiro atoms. The van der Waals surface area contributed by atoms with E-state index in [0.29, 0.717) is 28.2 Å². The molecule has 1 aromatic rings. The molecule has 4 heterocycles. The van der Waals surface area contributed by atoms with Gasteiger partial charge in [0.05, 0.1) is 24.5 Å². The van der Waals surface area contributed by atoms with Crippen LogP contribution in [0.4, 0.5) is 0 Å². The number of nitrogens with zero attached hydrogens (tertiary/aromatic N) is 4. The summed E-state index contributed by atoms with van der Waals surface area (Å²) in [6.45, 7) is 2.84. The number of carbonyl (C=O) groups excluding carboxylic acids is 1. The first-order valence-corrected chi connectivity index (χ1v) is 10.3. The first kappa shape index (κ1) is 19.3. The number of hydrogen-bond acceptors (Lipinski definition) is 7. The van der Waals surface area contributed by atoms with Gasteiger partial charge in [0.25, 0.3) is 5.91 Å². The van der Waals surface area contributed by atoms with Crippen LogP contribution in [0.2, 0.25) is 10.2 Å². The van der Waals surface area contributed by atoms with Crippen molar-refractivity contribution in [1.29, 1.82) is 0 Å². The molecular weight excluding hydrogens is 409 g/mol. The van der Waals surface area contributed by atoms with Gasteiger partial charge in [0.15, 0.2) is 6.17 Å². The predicted octanol–water partition coefficient (Wildman–Crippen LogP) is 2.26. The number of rotatable bonds is 2. The summed E-state index contributed by atoms with van der Waals surface area (Å²) in [6.07, 6.45) is 4.42. The molecule has 0 radical (unpaired) electrons. The second-order valence-electron chi connectivity index (χ2n) is 6.98. The molecule has 3 aliphatic rings. The third-order valence-corrected chi connectivity index (χ3v) is 7.25. The summed E-state index contributed by atoms with van der Waals surface area (Å²) in [5.74, 6) is -0.265. The van der Waals surface area contributed by atoms with Crippen LogP contribution in [-0.2, 0) is 9.53 Å². The van der Waals surface area contributed by atoms with E-state index in [9.17, 15) is 4.79 Å². The van der Waals surface area contributed by atoms with Crippen LogP contribution in [0.15, 0.2) is 27.1 Å². The zero-order chi connectivity index (χ0) is 19.0. The van der Waals surface area contributed by atoms with Crippen molar-refractivity contribution in [3.8, 4) is 0 Å². The number of ether oxygens (including phenoxy) is 1. The monoisotopic (exact) mass is 427 g/mol. The maximum Gasteiger partial charge on any atom is 0.286 e. The van der Waals surface area contributed by atoms with E-state index in [2.05, 4.69) is 19.9 Å². The largest absolute Gasteiger partial charge is 0.379 e. The maximum absolute atomic E-state index is 12.5. The van der Waals surface area contributed by atoms with Crippen molar-refractivity contribution in [3.05, 3.63) is 22.4 Å². The van der Waals surface area contributed by atoms with Gasteiger partial charge in [-0.25, -0.2) is 9.98 Å². The Bertz CT molecular complexity index is 811. The van der Waals surface area contributed by atoms with Crippen LogP contribution in [0.3, 0.4) is 0 Å². The Balaban J connectivity index is 1.40. The van der Waals surface area contributed by atoms with Crippen LogP contribution >= 0.6 is 35.0 Å². The number of hydrogen-bond donors (Lipinski definition) is 1. The lowest BCUT2D eigenvalue weighted by Gasteiger charge is -2.42. The Kier molecular flexibility index (Phi) is 5.55. The molecule has 144 valence electrons. The van der Waals surface area contributed by atoms with Gasteiger partial charge in [0.2, 0.25) is 0 Å². The molecule has 3 aliphatic heterocycles.